The summed E-state index contributed by atoms with van der Waals surface area (Å²) < 4.78 is 0. The van der Waals surface area contributed by atoms with E-state index >= 15 is 0 Å². The summed E-state index contributed by atoms with van der Waals surface area (Å²) in [5, 5.41) is 0. The summed E-state index contributed by atoms with van der Waals surface area (Å²) in [6.45, 7) is 18.5. The van der Waals surface area contributed by atoms with Crippen LogP contribution in [0.1, 0.15) is 75.2 Å². The van der Waals surface area contributed by atoms with Gasteiger partial charge < -0.3 is 0 Å². The second-order valence-corrected chi connectivity index (χ2v) is 4.78. The minimum absolute atomic E-state index is 0.213. The van der Waals surface area contributed by atoms with Crippen LogP contribution in [-0.2, 0) is 4.79 Å². The molecule has 0 aromatic carbocycles. The molecule has 16 heavy (non-hydrogen) atoms. The van der Waals surface area contributed by atoms with Crippen LogP contribution in [0, 0.1) is 17.8 Å². The van der Waals surface area contributed by atoms with Crippen LogP contribution in [0.5, 0.6) is 0 Å². The molecule has 0 aliphatic carbocycles. The van der Waals surface area contributed by atoms with Crippen LogP contribution >= 0.6 is 0 Å². The third-order valence-electron chi connectivity index (χ3n) is 2.70. The van der Waals surface area contributed by atoms with Crippen LogP contribution in [0.25, 0.3) is 0 Å². The molecule has 0 N–H and O–H groups in total. The summed E-state index contributed by atoms with van der Waals surface area (Å²) in [6.07, 6.45) is 2.72. The van der Waals surface area contributed by atoms with E-state index in [2.05, 4.69) is 27.7 Å². The maximum Gasteiger partial charge on any atom is 0.132 e. The van der Waals surface area contributed by atoms with Gasteiger partial charge in [-0.15, -0.1) is 0 Å². The molecule has 1 unspecified atom stereocenters. The molecule has 0 fully saturated rings. The summed E-state index contributed by atoms with van der Waals surface area (Å²) >= 11 is 0. The zero-order valence-corrected chi connectivity index (χ0v) is 13.1. The van der Waals surface area contributed by atoms with E-state index < -0.39 is 0 Å². The van der Waals surface area contributed by atoms with Crippen LogP contribution in [-0.4, -0.2) is 5.78 Å². The Morgan fingerprint density at radius 2 is 1.31 bits per heavy atom. The lowest BCUT2D eigenvalue weighted by Gasteiger charge is -2.12. The van der Waals surface area contributed by atoms with Gasteiger partial charge in [0.25, 0.3) is 0 Å². The number of carbonyl (C=O) groups is 1. The SMILES string of the molecule is CC.CC(=O)C(C)C.CCCC(C)C(C)C. The molecule has 0 aromatic rings. The molecule has 1 heteroatoms. The Kier molecular flexibility index (Phi) is 19.3. The third-order valence-corrected chi connectivity index (χ3v) is 2.70. The largest absolute Gasteiger partial charge is 0.300 e. The van der Waals surface area contributed by atoms with Crippen molar-refractivity contribution < 1.29 is 4.79 Å². The summed E-state index contributed by atoms with van der Waals surface area (Å²) in [7, 11) is 0. The van der Waals surface area contributed by atoms with Crippen LogP contribution in [0.2, 0.25) is 0 Å². The Morgan fingerprint density at radius 1 is 1.00 bits per heavy atom. The Hall–Kier alpha value is -0.330. The second-order valence-electron chi connectivity index (χ2n) is 4.78. The smallest absolute Gasteiger partial charge is 0.132 e. The van der Waals surface area contributed by atoms with E-state index in [9.17, 15) is 4.79 Å². The van der Waals surface area contributed by atoms with E-state index in [4.69, 9.17) is 0 Å². The molecule has 0 saturated heterocycles. The van der Waals surface area contributed by atoms with Gasteiger partial charge in [0.2, 0.25) is 0 Å². The molecule has 0 aromatic heterocycles. The third kappa shape index (κ3) is 19.3. The van der Waals surface area contributed by atoms with E-state index in [0.29, 0.717) is 0 Å². The Morgan fingerprint density at radius 3 is 1.38 bits per heavy atom. The van der Waals surface area contributed by atoms with Crippen molar-refractivity contribution >= 4 is 5.78 Å². The van der Waals surface area contributed by atoms with Gasteiger partial charge in [0.05, 0.1) is 0 Å². The first-order valence-electron chi connectivity index (χ1n) is 6.83. The number of hydrogen-bond acceptors (Lipinski definition) is 1. The average molecular weight is 230 g/mol. The molecular weight excluding hydrogens is 196 g/mol. The Bertz CT molecular complexity index is 136. The summed E-state index contributed by atoms with van der Waals surface area (Å²) in [6, 6.07) is 0. The van der Waals surface area contributed by atoms with Crippen LogP contribution in [0.3, 0.4) is 0 Å². The minimum Gasteiger partial charge on any atom is -0.300 e. The zero-order valence-electron chi connectivity index (χ0n) is 13.1. The zero-order chi connectivity index (χ0) is 13.7. The van der Waals surface area contributed by atoms with E-state index in [-0.39, 0.29) is 11.7 Å². The summed E-state index contributed by atoms with van der Waals surface area (Å²) in [5.41, 5.74) is 0. The lowest BCUT2D eigenvalue weighted by Crippen LogP contribution is -2.02. The molecule has 100 valence electrons. The van der Waals surface area contributed by atoms with Crippen molar-refractivity contribution in [3.8, 4) is 0 Å². The second kappa shape index (κ2) is 14.7. The first-order valence-corrected chi connectivity index (χ1v) is 6.83. The van der Waals surface area contributed by atoms with Crippen molar-refractivity contribution in [3.63, 3.8) is 0 Å². The van der Waals surface area contributed by atoms with Crippen LogP contribution in [0.4, 0.5) is 0 Å². The fourth-order valence-electron chi connectivity index (χ4n) is 0.789. The van der Waals surface area contributed by atoms with E-state index in [1.54, 1.807) is 6.92 Å². The van der Waals surface area contributed by atoms with E-state index in [1.807, 2.05) is 27.7 Å². The van der Waals surface area contributed by atoms with Crippen molar-refractivity contribution in [2.24, 2.45) is 17.8 Å². The highest BCUT2D eigenvalue weighted by Gasteiger charge is 2.03. The quantitative estimate of drug-likeness (QED) is 0.637. The minimum atomic E-state index is 0.213. The number of carbonyl (C=O) groups excluding carboxylic acids is 1. The number of Topliss-reactive ketones (excluding diaryl/α,β-unsaturated/α-hetero) is 1. The van der Waals surface area contributed by atoms with Gasteiger partial charge >= 0.3 is 0 Å². The fourth-order valence-corrected chi connectivity index (χ4v) is 0.789. The van der Waals surface area contributed by atoms with Crippen LogP contribution < -0.4 is 0 Å². The van der Waals surface area contributed by atoms with E-state index in [1.165, 1.54) is 12.8 Å². The average Bonchev–Trinajstić information content (AvgIpc) is 2.21. The first-order chi connectivity index (χ1) is 7.32. The summed E-state index contributed by atoms with van der Waals surface area (Å²) in [4.78, 5) is 10.1. The van der Waals surface area contributed by atoms with E-state index in [0.717, 1.165) is 11.8 Å². The molecule has 0 radical (unpaired) electrons. The lowest BCUT2D eigenvalue weighted by atomic mass is 9.94. The van der Waals surface area contributed by atoms with Crippen molar-refractivity contribution in [2.75, 3.05) is 0 Å². The molecular formula is C15H34O. The Balaban J connectivity index is -0.000000188. The van der Waals surface area contributed by atoms with Crippen LogP contribution in [0.15, 0.2) is 0 Å². The molecule has 0 aliphatic rings. The predicted octanol–water partition coefficient (Wildman–Crippen LogP) is 5.34. The molecule has 0 heterocycles. The maximum atomic E-state index is 10.1. The van der Waals surface area contributed by atoms with Gasteiger partial charge in [-0.3, -0.25) is 4.79 Å². The van der Waals surface area contributed by atoms with Gasteiger partial charge in [-0.2, -0.15) is 0 Å². The molecule has 1 nitrogen and oxygen atoms in total. The van der Waals surface area contributed by atoms with Gasteiger partial charge in [-0.1, -0.05) is 68.2 Å². The van der Waals surface area contributed by atoms with Crippen molar-refractivity contribution in [2.45, 2.75) is 75.2 Å². The van der Waals surface area contributed by atoms with Gasteiger partial charge in [-0.25, -0.2) is 0 Å². The highest BCUT2D eigenvalue weighted by Crippen LogP contribution is 2.14. The first kappa shape index (κ1) is 21.0. The summed E-state index contributed by atoms with van der Waals surface area (Å²) in [5.74, 6) is 2.26. The molecule has 0 spiro atoms. The molecule has 0 aliphatic heterocycles. The van der Waals surface area contributed by atoms with Crippen molar-refractivity contribution in [1.29, 1.82) is 0 Å². The molecule has 0 rings (SSSR count). The number of ketones is 1. The number of hydrogen-bond donors (Lipinski definition) is 0. The predicted molar refractivity (Wildman–Crippen MR) is 75.8 cm³/mol. The van der Waals surface area contributed by atoms with Gasteiger partial charge in [-0.05, 0) is 18.8 Å². The standard InChI is InChI=1S/C8H18.C5H10O.C2H6/c1-5-6-8(4)7(2)3;1-4(2)5(3)6;1-2/h7-8H,5-6H2,1-4H3;4H,1-3H3;1-2H3. The maximum absolute atomic E-state index is 10.1. The monoisotopic (exact) mass is 230 g/mol. The highest BCUT2D eigenvalue weighted by atomic mass is 16.1. The molecule has 0 bridgehead atoms. The lowest BCUT2D eigenvalue weighted by molar-refractivity contribution is -0.119. The van der Waals surface area contributed by atoms with Gasteiger partial charge in [0, 0.05) is 5.92 Å². The van der Waals surface area contributed by atoms with Gasteiger partial charge in [0.1, 0.15) is 5.78 Å². The molecule has 1 atom stereocenters. The Labute approximate surface area is 104 Å². The molecule has 0 saturated carbocycles. The van der Waals surface area contributed by atoms with Crippen molar-refractivity contribution in [1.82, 2.24) is 0 Å². The fraction of sp³-hybridized carbons (Fsp3) is 0.933. The van der Waals surface area contributed by atoms with Crippen molar-refractivity contribution in [3.05, 3.63) is 0 Å². The van der Waals surface area contributed by atoms with Gasteiger partial charge in [0.15, 0.2) is 0 Å². The topological polar surface area (TPSA) is 17.1 Å². The highest BCUT2D eigenvalue weighted by molar-refractivity contribution is 5.77. The normalized spacial score (nSPS) is 11.2. The number of rotatable bonds is 4. The molecule has 0 amide bonds.